The van der Waals surface area contributed by atoms with Gasteiger partial charge >= 0.3 is 0 Å². The van der Waals surface area contributed by atoms with Gasteiger partial charge in [0.25, 0.3) is 0 Å². The summed E-state index contributed by atoms with van der Waals surface area (Å²) in [5.41, 5.74) is 17.8. The summed E-state index contributed by atoms with van der Waals surface area (Å²) in [6, 6.07) is 77.0. The minimum Gasteiger partial charge on any atom is -0.457 e. The van der Waals surface area contributed by atoms with Crippen molar-refractivity contribution in [1.82, 2.24) is 15.0 Å². The summed E-state index contributed by atoms with van der Waals surface area (Å²) >= 11 is 0. The van der Waals surface area contributed by atoms with E-state index >= 15 is 0 Å². The maximum absolute atomic E-state index is 6.56. The first-order chi connectivity index (χ1) is 30.7. The first-order valence-corrected chi connectivity index (χ1v) is 21.0. The lowest BCUT2D eigenvalue weighted by Crippen LogP contribution is -2.33. The fourth-order valence-electron chi connectivity index (χ4n) is 9.52. The van der Waals surface area contributed by atoms with E-state index in [1.165, 1.54) is 22.3 Å². The third-order valence-electron chi connectivity index (χ3n) is 12.4. The maximum Gasteiger partial charge on any atom is 0.160 e. The minimum atomic E-state index is -0.627. The molecule has 0 atom stereocenters. The predicted molar refractivity (Wildman–Crippen MR) is 250 cm³/mol. The highest BCUT2D eigenvalue weighted by Gasteiger charge is 2.52. The van der Waals surface area contributed by atoms with Gasteiger partial charge in [-0.2, -0.15) is 0 Å². The summed E-state index contributed by atoms with van der Waals surface area (Å²) in [5.74, 6) is 2.41. The van der Waals surface area contributed by atoms with Gasteiger partial charge in [-0.3, -0.25) is 4.98 Å². The van der Waals surface area contributed by atoms with Crippen molar-refractivity contribution in [3.8, 4) is 89.9 Å². The first-order valence-electron chi connectivity index (χ1n) is 21.0. The van der Waals surface area contributed by atoms with E-state index in [-0.39, 0.29) is 0 Å². The Bertz CT molecular complexity index is 3280. The molecule has 0 saturated carbocycles. The van der Waals surface area contributed by atoms with Crippen LogP contribution in [0.4, 0.5) is 0 Å². The molecular formula is C58H37N3O. The fourth-order valence-corrected chi connectivity index (χ4v) is 9.52. The molecule has 0 amide bonds. The van der Waals surface area contributed by atoms with Gasteiger partial charge < -0.3 is 4.74 Å². The predicted octanol–water partition coefficient (Wildman–Crippen LogP) is 14.3. The van der Waals surface area contributed by atoms with Crippen molar-refractivity contribution in [2.75, 3.05) is 0 Å². The standard InChI is InChI=1S/C58H37N3O/c1-3-14-38(15-4-1)39-27-29-40(30-28-39)52-37-53(61-57(60-52)41-16-5-2-6-17-41)46-21-12-20-44(35-46)42-18-11-19-43(34-42)45-31-32-47-48-22-13-33-59-56(48)58(51(47)36-45)49-23-7-9-25-54(49)62-55-26-10-8-24-50(55)58/h1-37H. The molecule has 3 heterocycles. The lowest BCUT2D eigenvalue weighted by atomic mass is 9.67. The van der Waals surface area contributed by atoms with Crippen molar-refractivity contribution in [2.45, 2.75) is 5.41 Å². The van der Waals surface area contributed by atoms with Crippen LogP contribution in [0.5, 0.6) is 11.5 Å². The summed E-state index contributed by atoms with van der Waals surface area (Å²) in [4.78, 5) is 15.4. The van der Waals surface area contributed by atoms with Crippen LogP contribution in [-0.4, -0.2) is 15.0 Å². The van der Waals surface area contributed by atoms with Crippen molar-refractivity contribution in [1.29, 1.82) is 0 Å². The number of hydrogen-bond acceptors (Lipinski definition) is 4. The largest absolute Gasteiger partial charge is 0.457 e. The van der Waals surface area contributed by atoms with Gasteiger partial charge in [0.05, 0.1) is 22.5 Å². The molecule has 0 bridgehead atoms. The monoisotopic (exact) mass is 791 g/mol. The normalized spacial score (nSPS) is 12.8. The molecule has 62 heavy (non-hydrogen) atoms. The highest BCUT2D eigenvalue weighted by molar-refractivity contribution is 5.90. The number of aromatic nitrogens is 3. The van der Waals surface area contributed by atoms with Gasteiger partial charge in [-0.25, -0.2) is 9.97 Å². The Morgan fingerprint density at radius 1 is 0.323 bits per heavy atom. The summed E-state index contributed by atoms with van der Waals surface area (Å²) < 4.78 is 6.56. The Morgan fingerprint density at radius 2 is 0.823 bits per heavy atom. The number of pyridine rings is 1. The van der Waals surface area contributed by atoms with E-state index in [0.717, 1.165) is 84.2 Å². The van der Waals surface area contributed by atoms with Crippen LogP contribution in [0.15, 0.2) is 225 Å². The van der Waals surface area contributed by atoms with Crippen LogP contribution in [0.2, 0.25) is 0 Å². The number of para-hydroxylation sites is 2. The van der Waals surface area contributed by atoms with Gasteiger partial charge in [0.15, 0.2) is 5.82 Å². The number of fused-ring (bicyclic) bond motifs is 9. The van der Waals surface area contributed by atoms with E-state index < -0.39 is 5.41 Å². The molecule has 290 valence electrons. The van der Waals surface area contributed by atoms with Crippen molar-refractivity contribution < 1.29 is 4.74 Å². The average Bonchev–Trinajstić information content (AvgIpc) is 3.64. The van der Waals surface area contributed by atoms with E-state index in [9.17, 15) is 0 Å². The smallest absolute Gasteiger partial charge is 0.160 e. The summed E-state index contributed by atoms with van der Waals surface area (Å²) in [5, 5.41) is 0. The molecule has 10 aromatic rings. The van der Waals surface area contributed by atoms with Crippen LogP contribution in [-0.2, 0) is 5.41 Å². The first kappa shape index (κ1) is 35.7. The summed E-state index contributed by atoms with van der Waals surface area (Å²) in [6.45, 7) is 0. The van der Waals surface area contributed by atoms with E-state index in [4.69, 9.17) is 19.7 Å². The minimum absolute atomic E-state index is 0.627. The molecule has 2 aliphatic rings. The van der Waals surface area contributed by atoms with E-state index in [2.05, 4.69) is 176 Å². The second-order valence-electron chi connectivity index (χ2n) is 15.9. The number of rotatable bonds is 6. The molecule has 12 rings (SSSR count). The van der Waals surface area contributed by atoms with Crippen LogP contribution >= 0.6 is 0 Å². The Morgan fingerprint density at radius 3 is 1.50 bits per heavy atom. The third-order valence-corrected chi connectivity index (χ3v) is 12.4. The molecule has 0 N–H and O–H groups in total. The summed E-state index contributed by atoms with van der Waals surface area (Å²) in [6.07, 6.45) is 1.92. The third kappa shape index (κ3) is 5.80. The number of hydrogen-bond donors (Lipinski definition) is 0. The van der Waals surface area contributed by atoms with Crippen LogP contribution in [0.3, 0.4) is 0 Å². The molecule has 4 nitrogen and oxygen atoms in total. The SMILES string of the molecule is c1ccc(-c2ccc(-c3cc(-c4cccc(-c5cccc(-c6ccc7c(c6)C6(c8ccccc8Oc8ccccc86)c6ncccc6-7)c5)c4)nc(-c4ccccc4)n3)cc2)cc1. The zero-order valence-electron chi connectivity index (χ0n) is 33.6. The van der Waals surface area contributed by atoms with E-state index in [1.807, 2.05) is 48.7 Å². The topological polar surface area (TPSA) is 47.9 Å². The quantitative estimate of drug-likeness (QED) is 0.168. The van der Waals surface area contributed by atoms with Crippen molar-refractivity contribution in [3.05, 3.63) is 247 Å². The molecule has 4 heteroatoms. The molecule has 8 aromatic carbocycles. The summed E-state index contributed by atoms with van der Waals surface area (Å²) in [7, 11) is 0. The molecule has 1 aliphatic carbocycles. The van der Waals surface area contributed by atoms with Crippen molar-refractivity contribution in [3.63, 3.8) is 0 Å². The second kappa shape index (κ2) is 14.5. The second-order valence-corrected chi connectivity index (χ2v) is 15.9. The van der Waals surface area contributed by atoms with Crippen molar-refractivity contribution >= 4 is 0 Å². The Balaban J connectivity index is 0.946. The number of benzene rings is 8. The molecule has 0 radical (unpaired) electrons. The van der Waals surface area contributed by atoms with Crippen LogP contribution in [0.25, 0.3) is 78.4 Å². The molecule has 1 spiro atoms. The van der Waals surface area contributed by atoms with Gasteiger partial charge in [0.2, 0.25) is 0 Å². The van der Waals surface area contributed by atoms with Gasteiger partial charge in [0.1, 0.15) is 11.5 Å². The lowest BCUT2D eigenvalue weighted by Gasteiger charge is -2.38. The highest BCUT2D eigenvalue weighted by Crippen LogP contribution is 2.61. The molecule has 0 unspecified atom stereocenters. The maximum atomic E-state index is 6.56. The highest BCUT2D eigenvalue weighted by atomic mass is 16.5. The fraction of sp³-hybridized carbons (Fsp3) is 0.0172. The van der Waals surface area contributed by atoms with Gasteiger partial charge in [0, 0.05) is 39.6 Å². The zero-order chi connectivity index (χ0) is 41.0. The van der Waals surface area contributed by atoms with Gasteiger partial charge in [-0.1, -0.05) is 176 Å². The Kier molecular flexibility index (Phi) is 8.36. The number of nitrogens with zero attached hydrogens (tertiary/aromatic N) is 3. The molecule has 1 aliphatic heterocycles. The van der Waals surface area contributed by atoms with E-state index in [0.29, 0.717) is 5.82 Å². The zero-order valence-corrected chi connectivity index (χ0v) is 33.6. The van der Waals surface area contributed by atoms with Gasteiger partial charge in [-0.15, -0.1) is 0 Å². The molecular weight excluding hydrogens is 755 g/mol. The van der Waals surface area contributed by atoms with Crippen molar-refractivity contribution in [2.24, 2.45) is 0 Å². The Hall–Kier alpha value is -8.21. The number of ether oxygens (including phenoxy) is 1. The van der Waals surface area contributed by atoms with Crippen LogP contribution in [0, 0.1) is 0 Å². The molecule has 0 fully saturated rings. The lowest BCUT2D eigenvalue weighted by molar-refractivity contribution is 0.434. The van der Waals surface area contributed by atoms with E-state index in [1.54, 1.807) is 0 Å². The molecule has 0 saturated heterocycles. The Labute approximate surface area is 360 Å². The van der Waals surface area contributed by atoms with Crippen LogP contribution < -0.4 is 4.74 Å². The van der Waals surface area contributed by atoms with Crippen LogP contribution in [0.1, 0.15) is 22.4 Å². The average molecular weight is 792 g/mol. The molecule has 2 aromatic heterocycles. The van der Waals surface area contributed by atoms with Gasteiger partial charge in [-0.05, 0) is 87.0 Å².